The SMILES string of the molecule is COCCn1cc(NC(=O)c2cc(Cl)ccc2F)cn1. The predicted molar refractivity (Wildman–Crippen MR) is 73.5 cm³/mol. The van der Waals surface area contributed by atoms with Crippen molar-refractivity contribution in [3.05, 3.63) is 47.0 Å². The molecule has 0 fully saturated rings. The number of nitrogens with zero attached hydrogens (tertiary/aromatic N) is 2. The first kappa shape index (κ1) is 14.5. The summed E-state index contributed by atoms with van der Waals surface area (Å²) in [5.41, 5.74) is 0.368. The van der Waals surface area contributed by atoms with E-state index in [4.69, 9.17) is 16.3 Å². The van der Waals surface area contributed by atoms with Gasteiger partial charge in [0.05, 0.1) is 30.6 Å². The van der Waals surface area contributed by atoms with Gasteiger partial charge in [-0.25, -0.2) is 4.39 Å². The van der Waals surface area contributed by atoms with Crippen LogP contribution in [0, 0.1) is 5.82 Å². The summed E-state index contributed by atoms with van der Waals surface area (Å²) in [4.78, 5) is 11.9. The maximum atomic E-state index is 13.5. The molecule has 2 aromatic rings. The van der Waals surface area contributed by atoms with Crippen molar-refractivity contribution in [2.45, 2.75) is 6.54 Å². The second-order valence-corrected chi connectivity index (χ2v) is 4.50. The molecule has 0 unspecified atom stereocenters. The first-order valence-electron chi connectivity index (χ1n) is 5.88. The summed E-state index contributed by atoms with van der Waals surface area (Å²) >= 11 is 5.75. The minimum atomic E-state index is -0.626. The summed E-state index contributed by atoms with van der Waals surface area (Å²) < 4.78 is 20.1. The van der Waals surface area contributed by atoms with Crippen LogP contribution in [0.15, 0.2) is 30.6 Å². The fraction of sp³-hybridized carbons (Fsp3) is 0.231. The van der Waals surface area contributed by atoms with E-state index < -0.39 is 11.7 Å². The third kappa shape index (κ3) is 3.55. The molecule has 20 heavy (non-hydrogen) atoms. The van der Waals surface area contributed by atoms with E-state index in [-0.39, 0.29) is 5.56 Å². The van der Waals surface area contributed by atoms with Gasteiger partial charge in [0.1, 0.15) is 5.82 Å². The van der Waals surface area contributed by atoms with Gasteiger partial charge >= 0.3 is 0 Å². The van der Waals surface area contributed by atoms with E-state index in [2.05, 4.69) is 10.4 Å². The number of ether oxygens (including phenoxy) is 1. The monoisotopic (exact) mass is 297 g/mol. The molecule has 0 saturated heterocycles. The highest BCUT2D eigenvalue weighted by Crippen LogP contribution is 2.16. The average molecular weight is 298 g/mol. The Bertz CT molecular complexity index is 615. The van der Waals surface area contributed by atoms with Crippen LogP contribution < -0.4 is 5.32 Å². The molecule has 0 aliphatic heterocycles. The molecule has 1 N–H and O–H groups in total. The van der Waals surface area contributed by atoms with Crippen molar-refractivity contribution in [1.29, 1.82) is 0 Å². The number of rotatable bonds is 5. The molecule has 0 radical (unpaired) electrons. The summed E-state index contributed by atoms with van der Waals surface area (Å²) in [6.45, 7) is 1.08. The van der Waals surface area contributed by atoms with Crippen molar-refractivity contribution in [2.24, 2.45) is 0 Å². The predicted octanol–water partition coefficient (Wildman–Crippen LogP) is 2.57. The maximum Gasteiger partial charge on any atom is 0.258 e. The molecule has 1 amide bonds. The summed E-state index contributed by atoms with van der Waals surface area (Å²) in [7, 11) is 1.59. The fourth-order valence-corrected chi connectivity index (χ4v) is 1.78. The smallest absolute Gasteiger partial charge is 0.258 e. The van der Waals surface area contributed by atoms with Gasteiger partial charge in [0, 0.05) is 18.3 Å². The van der Waals surface area contributed by atoms with Gasteiger partial charge in [0.15, 0.2) is 0 Å². The molecular weight excluding hydrogens is 285 g/mol. The number of benzene rings is 1. The van der Waals surface area contributed by atoms with Crippen molar-refractivity contribution >= 4 is 23.2 Å². The van der Waals surface area contributed by atoms with Gasteiger partial charge in [-0.2, -0.15) is 5.10 Å². The number of amides is 1. The molecule has 0 bridgehead atoms. The zero-order chi connectivity index (χ0) is 14.5. The third-order valence-electron chi connectivity index (χ3n) is 2.59. The second-order valence-electron chi connectivity index (χ2n) is 4.06. The van der Waals surface area contributed by atoms with Crippen LogP contribution in [-0.4, -0.2) is 29.4 Å². The van der Waals surface area contributed by atoms with Gasteiger partial charge in [-0.05, 0) is 18.2 Å². The number of anilines is 1. The van der Waals surface area contributed by atoms with Crippen molar-refractivity contribution in [3.63, 3.8) is 0 Å². The fourth-order valence-electron chi connectivity index (χ4n) is 1.61. The highest BCUT2D eigenvalue weighted by Gasteiger charge is 2.13. The lowest BCUT2D eigenvalue weighted by molar-refractivity contribution is 0.102. The Morgan fingerprint density at radius 2 is 2.35 bits per heavy atom. The molecule has 1 aromatic heterocycles. The van der Waals surface area contributed by atoms with E-state index >= 15 is 0 Å². The summed E-state index contributed by atoms with van der Waals surface area (Å²) in [5, 5.41) is 6.90. The van der Waals surface area contributed by atoms with Crippen LogP contribution in [0.2, 0.25) is 5.02 Å². The zero-order valence-electron chi connectivity index (χ0n) is 10.8. The van der Waals surface area contributed by atoms with Gasteiger partial charge in [-0.15, -0.1) is 0 Å². The molecule has 0 spiro atoms. The van der Waals surface area contributed by atoms with E-state index in [1.165, 1.54) is 18.3 Å². The van der Waals surface area contributed by atoms with Crippen LogP contribution >= 0.6 is 11.6 Å². The summed E-state index contributed by atoms with van der Waals surface area (Å²) in [6.07, 6.45) is 3.12. The van der Waals surface area contributed by atoms with Gasteiger partial charge < -0.3 is 10.1 Å². The number of carbonyl (C=O) groups excluding carboxylic acids is 1. The lowest BCUT2D eigenvalue weighted by atomic mass is 10.2. The number of hydrogen-bond acceptors (Lipinski definition) is 3. The Morgan fingerprint density at radius 3 is 3.10 bits per heavy atom. The Balaban J connectivity index is 2.07. The normalized spacial score (nSPS) is 10.6. The first-order chi connectivity index (χ1) is 9.60. The molecule has 1 aromatic carbocycles. The number of nitrogens with one attached hydrogen (secondary N) is 1. The Hall–Kier alpha value is -1.92. The maximum absolute atomic E-state index is 13.5. The van der Waals surface area contributed by atoms with Crippen LogP contribution in [0.1, 0.15) is 10.4 Å². The minimum Gasteiger partial charge on any atom is -0.383 e. The summed E-state index contributed by atoms with van der Waals surface area (Å²) in [6, 6.07) is 3.82. The van der Waals surface area contributed by atoms with Crippen molar-refractivity contribution < 1.29 is 13.9 Å². The van der Waals surface area contributed by atoms with Gasteiger partial charge in [-0.3, -0.25) is 9.48 Å². The summed E-state index contributed by atoms with van der Waals surface area (Å²) in [5.74, 6) is -1.20. The molecule has 0 atom stereocenters. The number of halogens is 2. The number of carbonyl (C=O) groups is 1. The van der Waals surface area contributed by atoms with Gasteiger partial charge in [0.2, 0.25) is 0 Å². The van der Waals surface area contributed by atoms with Crippen LogP contribution in [-0.2, 0) is 11.3 Å². The Labute approximate surface area is 120 Å². The largest absolute Gasteiger partial charge is 0.383 e. The average Bonchev–Trinajstić information content (AvgIpc) is 2.86. The van der Waals surface area contributed by atoms with Crippen LogP contribution in [0.5, 0.6) is 0 Å². The topological polar surface area (TPSA) is 56.1 Å². The Morgan fingerprint density at radius 1 is 1.55 bits per heavy atom. The van der Waals surface area contributed by atoms with E-state index in [0.29, 0.717) is 23.9 Å². The van der Waals surface area contributed by atoms with Gasteiger partial charge in [-0.1, -0.05) is 11.6 Å². The number of hydrogen-bond donors (Lipinski definition) is 1. The van der Waals surface area contributed by atoms with Crippen molar-refractivity contribution in [1.82, 2.24) is 9.78 Å². The molecule has 0 aliphatic carbocycles. The number of aromatic nitrogens is 2. The molecular formula is C13H13ClFN3O2. The Kier molecular flexibility index (Phi) is 4.70. The van der Waals surface area contributed by atoms with Gasteiger partial charge in [0.25, 0.3) is 5.91 Å². The van der Waals surface area contributed by atoms with E-state index in [1.807, 2.05) is 0 Å². The molecule has 1 heterocycles. The van der Waals surface area contributed by atoms with E-state index in [0.717, 1.165) is 6.07 Å². The van der Waals surface area contributed by atoms with Crippen LogP contribution in [0.25, 0.3) is 0 Å². The van der Waals surface area contributed by atoms with E-state index in [9.17, 15) is 9.18 Å². The molecule has 2 rings (SSSR count). The van der Waals surface area contributed by atoms with Crippen LogP contribution in [0.3, 0.4) is 0 Å². The van der Waals surface area contributed by atoms with Crippen LogP contribution in [0.4, 0.5) is 10.1 Å². The highest BCUT2D eigenvalue weighted by molar-refractivity contribution is 6.31. The molecule has 106 valence electrons. The highest BCUT2D eigenvalue weighted by atomic mass is 35.5. The molecule has 0 saturated carbocycles. The second kappa shape index (κ2) is 6.49. The van der Waals surface area contributed by atoms with E-state index in [1.54, 1.807) is 18.0 Å². The third-order valence-corrected chi connectivity index (χ3v) is 2.82. The quantitative estimate of drug-likeness (QED) is 0.923. The molecule has 5 nitrogen and oxygen atoms in total. The minimum absolute atomic E-state index is 0.109. The van der Waals surface area contributed by atoms with Crippen molar-refractivity contribution in [3.8, 4) is 0 Å². The number of methoxy groups -OCH3 is 1. The molecule has 7 heteroatoms. The molecule has 0 aliphatic rings. The zero-order valence-corrected chi connectivity index (χ0v) is 11.5. The standard InChI is InChI=1S/C13H13ClFN3O2/c1-20-5-4-18-8-10(7-16-18)17-13(19)11-6-9(14)2-3-12(11)15/h2-3,6-8H,4-5H2,1H3,(H,17,19). The van der Waals surface area contributed by atoms with Crippen molar-refractivity contribution in [2.75, 3.05) is 19.0 Å². The first-order valence-corrected chi connectivity index (χ1v) is 6.25. The lowest BCUT2D eigenvalue weighted by Crippen LogP contribution is -2.13. The lowest BCUT2D eigenvalue weighted by Gasteiger charge is -2.04.